The minimum atomic E-state index is 0.836. The van der Waals surface area contributed by atoms with E-state index >= 15 is 0 Å². The van der Waals surface area contributed by atoms with Crippen LogP contribution in [0, 0.1) is 0 Å². The number of likely N-dealkylation sites (N-methyl/N-ethyl adjacent to an activating group) is 1. The summed E-state index contributed by atoms with van der Waals surface area (Å²) < 4.78 is 0. The number of rotatable bonds is 3. The fraction of sp³-hybridized carbons (Fsp3) is 0.294. The van der Waals surface area contributed by atoms with Gasteiger partial charge in [0.05, 0.1) is 11.4 Å². The van der Waals surface area contributed by atoms with Gasteiger partial charge >= 0.3 is 0 Å². The molecule has 20 heavy (non-hydrogen) atoms. The first kappa shape index (κ1) is 12.9. The molecule has 0 saturated carbocycles. The molecule has 2 aromatic carbocycles. The molecular weight excluding hydrogens is 246 g/mol. The lowest BCUT2D eigenvalue weighted by Crippen LogP contribution is -2.40. The molecule has 1 heterocycles. The van der Waals surface area contributed by atoms with Crippen LogP contribution in [0.1, 0.15) is 12.5 Å². The average molecular weight is 267 g/mol. The smallest absolute Gasteiger partial charge is 0.0607 e. The van der Waals surface area contributed by atoms with Crippen LogP contribution in [0.15, 0.2) is 48.5 Å². The molecule has 3 heteroatoms. The highest BCUT2D eigenvalue weighted by Gasteiger charge is 2.20. The van der Waals surface area contributed by atoms with Crippen molar-refractivity contribution < 1.29 is 0 Å². The van der Waals surface area contributed by atoms with Crippen molar-refractivity contribution in [3.8, 4) is 0 Å². The Labute approximate surface area is 120 Å². The van der Waals surface area contributed by atoms with Crippen molar-refractivity contribution in [1.82, 2.24) is 0 Å². The van der Waals surface area contributed by atoms with E-state index in [1.54, 1.807) is 0 Å². The summed E-state index contributed by atoms with van der Waals surface area (Å²) in [5.74, 6) is 0. The summed E-state index contributed by atoms with van der Waals surface area (Å²) >= 11 is 0. The van der Waals surface area contributed by atoms with Gasteiger partial charge in [0, 0.05) is 31.9 Å². The normalized spacial score (nSPS) is 14.2. The van der Waals surface area contributed by atoms with Crippen molar-refractivity contribution in [2.75, 3.05) is 35.2 Å². The van der Waals surface area contributed by atoms with Gasteiger partial charge in [-0.15, -0.1) is 0 Å². The summed E-state index contributed by atoms with van der Waals surface area (Å²) in [5, 5.41) is 0. The second kappa shape index (κ2) is 5.45. The van der Waals surface area contributed by atoms with E-state index in [2.05, 4.69) is 53.1 Å². The van der Waals surface area contributed by atoms with E-state index in [-0.39, 0.29) is 0 Å². The number of hydrogen-bond acceptors (Lipinski definition) is 3. The first-order chi connectivity index (χ1) is 9.78. The van der Waals surface area contributed by atoms with Crippen LogP contribution in [0.2, 0.25) is 0 Å². The molecule has 0 amide bonds. The molecule has 0 atom stereocenters. The molecule has 0 spiro atoms. The number of nitrogens with two attached hydrogens (primary N) is 1. The molecule has 1 aliphatic rings. The molecule has 3 nitrogen and oxygen atoms in total. The number of benzene rings is 2. The fourth-order valence-electron chi connectivity index (χ4n) is 2.89. The van der Waals surface area contributed by atoms with Gasteiger partial charge in [0.25, 0.3) is 0 Å². The molecule has 0 radical (unpaired) electrons. The van der Waals surface area contributed by atoms with Crippen LogP contribution in [0.5, 0.6) is 0 Å². The van der Waals surface area contributed by atoms with Crippen LogP contribution in [0.3, 0.4) is 0 Å². The monoisotopic (exact) mass is 267 g/mol. The van der Waals surface area contributed by atoms with Crippen LogP contribution < -0.4 is 15.5 Å². The zero-order valence-corrected chi connectivity index (χ0v) is 11.9. The second-order valence-electron chi connectivity index (χ2n) is 5.23. The molecule has 0 saturated heterocycles. The summed E-state index contributed by atoms with van der Waals surface area (Å²) in [4.78, 5) is 4.88. The molecule has 0 bridgehead atoms. The van der Waals surface area contributed by atoms with Crippen molar-refractivity contribution in [2.45, 2.75) is 13.5 Å². The van der Waals surface area contributed by atoms with E-state index in [9.17, 15) is 0 Å². The maximum Gasteiger partial charge on any atom is 0.0607 e. The Morgan fingerprint density at radius 2 is 1.65 bits per heavy atom. The maximum absolute atomic E-state index is 5.88. The topological polar surface area (TPSA) is 32.5 Å². The van der Waals surface area contributed by atoms with Crippen LogP contribution in [0.25, 0.3) is 0 Å². The lowest BCUT2D eigenvalue weighted by atomic mass is 10.1. The maximum atomic E-state index is 5.88. The number of anilines is 3. The van der Waals surface area contributed by atoms with Crippen molar-refractivity contribution >= 4 is 17.1 Å². The molecule has 104 valence electrons. The van der Waals surface area contributed by atoms with E-state index in [1.807, 2.05) is 12.1 Å². The van der Waals surface area contributed by atoms with E-state index in [4.69, 9.17) is 5.73 Å². The van der Waals surface area contributed by atoms with Gasteiger partial charge < -0.3 is 15.5 Å². The lowest BCUT2D eigenvalue weighted by molar-refractivity contribution is 0.708. The first-order valence-corrected chi connectivity index (χ1v) is 7.21. The lowest BCUT2D eigenvalue weighted by Gasteiger charge is -2.38. The summed E-state index contributed by atoms with van der Waals surface area (Å²) in [5.41, 5.74) is 10.6. The predicted octanol–water partition coefficient (Wildman–Crippen LogP) is 3.12. The highest BCUT2D eigenvalue weighted by atomic mass is 15.3. The highest BCUT2D eigenvalue weighted by Crippen LogP contribution is 2.33. The summed E-state index contributed by atoms with van der Waals surface area (Å²) in [7, 11) is 0. The Morgan fingerprint density at radius 3 is 2.35 bits per heavy atom. The van der Waals surface area contributed by atoms with E-state index in [0.717, 1.165) is 31.9 Å². The number of nitrogen functional groups attached to an aromatic ring is 1. The van der Waals surface area contributed by atoms with Gasteiger partial charge in [0.1, 0.15) is 0 Å². The van der Waals surface area contributed by atoms with Gasteiger partial charge in [-0.3, -0.25) is 0 Å². The van der Waals surface area contributed by atoms with Crippen molar-refractivity contribution in [3.05, 3.63) is 54.1 Å². The van der Waals surface area contributed by atoms with Gasteiger partial charge in [-0.25, -0.2) is 0 Å². The standard InChI is InChI=1S/C17H21N3/c1-2-19-10-11-20(17-9-4-3-8-16(17)19)13-14-6-5-7-15(18)12-14/h3-9,12H,2,10-11,13,18H2,1H3. The summed E-state index contributed by atoms with van der Waals surface area (Å²) in [6, 6.07) is 16.8. The molecule has 0 aromatic heterocycles. The zero-order valence-electron chi connectivity index (χ0n) is 11.9. The molecular formula is C17H21N3. The largest absolute Gasteiger partial charge is 0.399 e. The van der Waals surface area contributed by atoms with Gasteiger partial charge in [-0.1, -0.05) is 24.3 Å². The Balaban J connectivity index is 1.88. The molecule has 2 N–H and O–H groups in total. The molecule has 3 rings (SSSR count). The zero-order chi connectivity index (χ0) is 13.9. The summed E-state index contributed by atoms with van der Waals surface area (Å²) in [6.45, 7) is 6.32. The SMILES string of the molecule is CCN1CCN(Cc2cccc(N)c2)c2ccccc21. The third-order valence-corrected chi connectivity index (χ3v) is 3.91. The molecule has 0 fully saturated rings. The second-order valence-corrected chi connectivity index (χ2v) is 5.23. The van der Waals surface area contributed by atoms with Gasteiger partial charge in [0.2, 0.25) is 0 Å². The number of hydrogen-bond donors (Lipinski definition) is 1. The number of para-hydroxylation sites is 2. The van der Waals surface area contributed by atoms with Crippen molar-refractivity contribution in [1.29, 1.82) is 0 Å². The molecule has 0 unspecified atom stereocenters. The van der Waals surface area contributed by atoms with E-state index in [1.165, 1.54) is 16.9 Å². The first-order valence-electron chi connectivity index (χ1n) is 7.21. The van der Waals surface area contributed by atoms with Crippen LogP contribution in [0.4, 0.5) is 17.1 Å². The third kappa shape index (κ3) is 2.44. The van der Waals surface area contributed by atoms with Crippen LogP contribution in [-0.4, -0.2) is 19.6 Å². The Kier molecular flexibility index (Phi) is 3.50. The van der Waals surface area contributed by atoms with Gasteiger partial charge in [-0.2, -0.15) is 0 Å². The minimum absolute atomic E-state index is 0.836. The van der Waals surface area contributed by atoms with E-state index < -0.39 is 0 Å². The molecule has 1 aliphatic heterocycles. The third-order valence-electron chi connectivity index (χ3n) is 3.91. The highest BCUT2D eigenvalue weighted by molar-refractivity contribution is 5.73. The van der Waals surface area contributed by atoms with Crippen molar-refractivity contribution in [3.63, 3.8) is 0 Å². The Morgan fingerprint density at radius 1 is 0.950 bits per heavy atom. The number of fused-ring (bicyclic) bond motifs is 1. The Bertz CT molecular complexity index is 594. The molecule has 2 aromatic rings. The van der Waals surface area contributed by atoms with Gasteiger partial charge in [-0.05, 0) is 36.8 Å². The number of nitrogens with zero attached hydrogens (tertiary/aromatic N) is 2. The average Bonchev–Trinajstić information content (AvgIpc) is 2.48. The molecule has 0 aliphatic carbocycles. The van der Waals surface area contributed by atoms with E-state index in [0.29, 0.717) is 0 Å². The van der Waals surface area contributed by atoms with Crippen LogP contribution in [-0.2, 0) is 6.54 Å². The van der Waals surface area contributed by atoms with Gasteiger partial charge in [0.15, 0.2) is 0 Å². The quantitative estimate of drug-likeness (QED) is 0.867. The minimum Gasteiger partial charge on any atom is -0.399 e. The summed E-state index contributed by atoms with van der Waals surface area (Å²) in [6.07, 6.45) is 0. The van der Waals surface area contributed by atoms with Crippen LogP contribution >= 0.6 is 0 Å². The fourth-order valence-corrected chi connectivity index (χ4v) is 2.89. The predicted molar refractivity (Wildman–Crippen MR) is 86.2 cm³/mol. The Hall–Kier alpha value is -2.16. The van der Waals surface area contributed by atoms with Crippen molar-refractivity contribution in [2.24, 2.45) is 0 Å².